The van der Waals surface area contributed by atoms with Crippen molar-refractivity contribution >= 4 is 11.8 Å². The number of likely N-dealkylation sites (tertiary alicyclic amines) is 1. The lowest BCUT2D eigenvalue weighted by atomic mass is 9.85. The molecule has 1 heterocycles. The molecule has 0 bridgehead atoms. The van der Waals surface area contributed by atoms with Crippen molar-refractivity contribution in [3.8, 4) is 0 Å². The summed E-state index contributed by atoms with van der Waals surface area (Å²) in [5.41, 5.74) is 3.79. The standard InChI is InChI=1S/C20H28N2O3/c1-12(2)15-8-7-14-5-4-6-18(17(14)9-15)21-20(25)19-10-16(24)11-22(19)13(3)23/h7-9,12,16,18-19,24H,4-6,10-11H2,1-3H3,(H,21,25)/t16-,18+,19+/m0/s1. The zero-order valence-electron chi connectivity index (χ0n) is 15.3. The van der Waals surface area contributed by atoms with Crippen molar-refractivity contribution in [3.05, 3.63) is 34.9 Å². The molecule has 0 spiro atoms. The Bertz CT molecular complexity index is 671. The minimum atomic E-state index is -0.620. The number of hydrogen-bond donors (Lipinski definition) is 2. The molecule has 3 atom stereocenters. The van der Waals surface area contributed by atoms with Crippen LogP contribution >= 0.6 is 0 Å². The Kier molecular flexibility index (Phi) is 5.13. The highest BCUT2D eigenvalue weighted by Crippen LogP contribution is 2.32. The third-order valence-corrected chi connectivity index (χ3v) is 5.45. The number of nitrogens with one attached hydrogen (secondary N) is 1. The van der Waals surface area contributed by atoms with Gasteiger partial charge in [-0.05, 0) is 41.9 Å². The molecule has 136 valence electrons. The first-order chi connectivity index (χ1) is 11.9. The summed E-state index contributed by atoms with van der Waals surface area (Å²) in [6.07, 6.45) is 2.70. The monoisotopic (exact) mass is 344 g/mol. The lowest BCUT2D eigenvalue weighted by Crippen LogP contribution is -2.46. The number of aliphatic hydroxyl groups excluding tert-OH is 1. The summed E-state index contributed by atoms with van der Waals surface area (Å²) in [7, 11) is 0. The molecule has 2 amide bonds. The highest BCUT2D eigenvalue weighted by molar-refractivity contribution is 5.88. The smallest absolute Gasteiger partial charge is 0.243 e. The van der Waals surface area contributed by atoms with E-state index in [1.807, 2.05) is 0 Å². The van der Waals surface area contributed by atoms with E-state index < -0.39 is 12.1 Å². The van der Waals surface area contributed by atoms with Gasteiger partial charge in [-0.15, -0.1) is 0 Å². The largest absolute Gasteiger partial charge is 0.391 e. The van der Waals surface area contributed by atoms with Gasteiger partial charge in [0.25, 0.3) is 0 Å². The van der Waals surface area contributed by atoms with Gasteiger partial charge in [-0.3, -0.25) is 9.59 Å². The fourth-order valence-electron chi connectivity index (χ4n) is 4.00. The molecule has 2 N–H and O–H groups in total. The van der Waals surface area contributed by atoms with Gasteiger partial charge in [-0.1, -0.05) is 32.0 Å². The number of aliphatic hydroxyl groups is 1. The molecule has 5 heteroatoms. The Morgan fingerprint density at radius 2 is 2.08 bits per heavy atom. The van der Waals surface area contributed by atoms with Crippen molar-refractivity contribution < 1.29 is 14.7 Å². The van der Waals surface area contributed by atoms with Crippen molar-refractivity contribution in [2.45, 2.75) is 70.6 Å². The summed E-state index contributed by atoms with van der Waals surface area (Å²) >= 11 is 0. The summed E-state index contributed by atoms with van der Waals surface area (Å²) in [4.78, 5) is 26.0. The second kappa shape index (κ2) is 7.16. The first kappa shape index (κ1) is 17.9. The fraction of sp³-hybridized carbons (Fsp3) is 0.600. The second-order valence-electron chi connectivity index (χ2n) is 7.64. The maximum Gasteiger partial charge on any atom is 0.243 e. The molecule has 3 rings (SSSR count). The van der Waals surface area contributed by atoms with Gasteiger partial charge in [0.05, 0.1) is 12.1 Å². The van der Waals surface area contributed by atoms with Crippen LogP contribution in [0.4, 0.5) is 0 Å². The molecule has 1 saturated heterocycles. The Hall–Kier alpha value is -1.88. The molecular weight excluding hydrogens is 316 g/mol. The molecule has 0 aromatic heterocycles. The van der Waals surface area contributed by atoms with E-state index in [1.54, 1.807) is 0 Å². The number of fused-ring (bicyclic) bond motifs is 1. The SMILES string of the molecule is CC(=O)N1C[C@@H](O)C[C@@H]1C(=O)N[C@@H]1CCCc2ccc(C(C)C)cc21. The van der Waals surface area contributed by atoms with Crippen molar-refractivity contribution in [2.24, 2.45) is 0 Å². The van der Waals surface area contributed by atoms with E-state index in [4.69, 9.17) is 0 Å². The third-order valence-electron chi connectivity index (χ3n) is 5.45. The molecule has 1 aliphatic heterocycles. The molecule has 0 unspecified atom stereocenters. The molecular formula is C20H28N2O3. The first-order valence-corrected chi connectivity index (χ1v) is 9.25. The number of aryl methyl sites for hydroxylation is 1. The van der Waals surface area contributed by atoms with Crippen LogP contribution in [0.5, 0.6) is 0 Å². The topological polar surface area (TPSA) is 69.6 Å². The summed E-state index contributed by atoms with van der Waals surface area (Å²) < 4.78 is 0. The van der Waals surface area contributed by atoms with Crippen LogP contribution in [0.25, 0.3) is 0 Å². The summed E-state index contributed by atoms with van der Waals surface area (Å²) in [5, 5.41) is 13.0. The van der Waals surface area contributed by atoms with Crippen LogP contribution in [0.1, 0.15) is 68.7 Å². The van der Waals surface area contributed by atoms with Crippen LogP contribution in [0.3, 0.4) is 0 Å². The number of nitrogens with zero attached hydrogens (tertiary/aromatic N) is 1. The Morgan fingerprint density at radius 3 is 2.76 bits per heavy atom. The maximum absolute atomic E-state index is 12.8. The number of carbonyl (C=O) groups is 2. The number of β-amino-alcohol motifs (C(OH)–C–C–N with tert-alkyl or cyclic N) is 1. The van der Waals surface area contributed by atoms with E-state index in [9.17, 15) is 14.7 Å². The van der Waals surface area contributed by atoms with Gasteiger partial charge >= 0.3 is 0 Å². The molecule has 5 nitrogen and oxygen atoms in total. The van der Waals surface area contributed by atoms with Crippen molar-refractivity contribution in [1.82, 2.24) is 10.2 Å². The zero-order chi connectivity index (χ0) is 18.1. The molecule has 0 saturated carbocycles. The number of hydrogen-bond acceptors (Lipinski definition) is 3. The van der Waals surface area contributed by atoms with Crippen molar-refractivity contribution in [1.29, 1.82) is 0 Å². The molecule has 1 aromatic carbocycles. The Labute approximate surface area is 149 Å². The van der Waals surface area contributed by atoms with Crippen LogP contribution in [-0.2, 0) is 16.0 Å². The second-order valence-corrected chi connectivity index (χ2v) is 7.64. The summed E-state index contributed by atoms with van der Waals surface area (Å²) in [6.45, 7) is 6.03. The first-order valence-electron chi connectivity index (χ1n) is 9.25. The van der Waals surface area contributed by atoms with Crippen molar-refractivity contribution in [2.75, 3.05) is 6.54 Å². The number of carbonyl (C=O) groups excluding carboxylic acids is 2. The van der Waals surface area contributed by atoms with E-state index in [2.05, 4.69) is 37.4 Å². The molecule has 0 radical (unpaired) electrons. The minimum absolute atomic E-state index is 0.0125. The highest BCUT2D eigenvalue weighted by atomic mass is 16.3. The van der Waals surface area contributed by atoms with E-state index in [1.165, 1.54) is 28.5 Å². The highest BCUT2D eigenvalue weighted by Gasteiger charge is 2.38. The zero-order valence-corrected chi connectivity index (χ0v) is 15.3. The van der Waals surface area contributed by atoms with Crippen LogP contribution in [0, 0.1) is 0 Å². The molecule has 1 aromatic rings. The van der Waals surface area contributed by atoms with Gasteiger partial charge in [0.2, 0.25) is 11.8 Å². The minimum Gasteiger partial charge on any atom is -0.391 e. The number of benzene rings is 1. The Balaban J connectivity index is 1.79. The van der Waals surface area contributed by atoms with Crippen LogP contribution in [0.15, 0.2) is 18.2 Å². The van der Waals surface area contributed by atoms with Gasteiger partial charge in [0.15, 0.2) is 0 Å². The summed E-state index contributed by atoms with van der Waals surface area (Å²) in [5.74, 6) is 0.129. The number of amides is 2. The quantitative estimate of drug-likeness (QED) is 0.884. The van der Waals surface area contributed by atoms with Crippen LogP contribution < -0.4 is 5.32 Å². The van der Waals surface area contributed by atoms with E-state index in [0.717, 1.165) is 19.3 Å². The van der Waals surface area contributed by atoms with Crippen LogP contribution in [-0.4, -0.2) is 40.5 Å². The molecule has 2 aliphatic rings. The Morgan fingerprint density at radius 1 is 1.32 bits per heavy atom. The van der Waals surface area contributed by atoms with Gasteiger partial charge in [-0.25, -0.2) is 0 Å². The van der Waals surface area contributed by atoms with Gasteiger partial charge in [-0.2, -0.15) is 0 Å². The lowest BCUT2D eigenvalue weighted by Gasteiger charge is -2.30. The van der Waals surface area contributed by atoms with E-state index in [-0.39, 0.29) is 24.4 Å². The average molecular weight is 344 g/mol. The molecule has 1 aliphatic carbocycles. The maximum atomic E-state index is 12.8. The van der Waals surface area contributed by atoms with Gasteiger partial charge in [0, 0.05) is 19.9 Å². The van der Waals surface area contributed by atoms with Gasteiger partial charge in [0.1, 0.15) is 6.04 Å². The lowest BCUT2D eigenvalue weighted by molar-refractivity contribution is -0.137. The predicted octanol–water partition coefficient (Wildman–Crippen LogP) is 2.29. The average Bonchev–Trinajstić information content (AvgIpc) is 2.97. The number of rotatable bonds is 3. The van der Waals surface area contributed by atoms with Gasteiger partial charge < -0.3 is 15.3 Å². The predicted molar refractivity (Wildman–Crippen MR) is 96.2 cm³/mol. The van der Waals surface area contributed by atoms with Crippen LogP contribution in [0.2, 0.25) is 0 Å². The van der Waals surface area contributed by atoms with E-state index >= 15 is 0 Å². The fourth-order valence-corrected chi connectivity index (χ4v) is 4.00. The third kappa shape index (κ3) is 3.71. The molecule has 25 heavy (non-hydrogen) atoms. The normalized spacial score (nSPS) is 25.8. The van der Waals surface area contributed by atoms with E-state index in [0.29, 0.717) is 12.3 Å². The molecule has 1 fully saturated rings. The van der Waals surface area contributed by atoms with Crippen molar-refractivity contribution in [3.63, 3.8) is 0 Å². The summed E-state index contributed by atoms with van der Waals surface area (Å²) in [6, 6.07) is 6.01.